The lowest BCUT2D eigenvalue weighted by Crippen LogP contribution is -2.14. The number of methoxy groups -OCH3 is 1. The SMILES string of the molecule is COc1ccc(C(=O)Nc2ccc(S(=O)(=O)Nc3ccc(F)cc3)cc2)cc1I. The number of benzene rings is 3. The standard InChI is InChI=1S/C20H16FIN2O4S/c1-28-19-11-2-13(12-18(19)22)20(25)23-15-7-9-17(10-8-15)29(26,27)24-16-5-3-14(21)4-6-16/h2-12,24H,1H3,(H,23,25). The molecule has 0 saturated carbocycles. The van der Waals surface area contributed by atoms with E-state index >= 15 is 0 Å². The van der Waals surface area contributed by atoms with Gasteiger partial charge < -0.3 is 10.1 Å². The van der Waals surface area contributed by atoms with Crippen LogP contribution in [0.15, 0.2) is 71.6 Å². The highest BCUT2D eigenvalue weighted by atomic mass is 127. The van der Waals surface area contributed by atoms with Gasteiger partial charge in [-0.25, -0.2) is 12.8 Å². The third kappa shape index (κ3) is 5.24. The van der Waals surface area contributed by atoms with E-state index in [1.54, 1.807) is 25.3 Å². The number of carbonyl (C=O) groups is 1. The van der Waals surface area contributed by atoms with Gasteiger partial charge in [0.05, 0.1) is 15.6 Å². The first-order chi connectivity index (χ1) is 13.8. The first-order valence-corrected chi connectivity index (χ1v) is 10.9. The van der Waals surface area contributed by atoms with Crippen LogP contribution in [0.25, 0.3) is 0 Å². The van der Waals surface area contributed by atoms with Crippen molar-refractivity contribution in [1.82, 2.24) is 0 Å². The Bertz CT molecular complexity index is 1130. The molecule has 0 atom stereocenters. The van der Waals surface area contributed by atoms with Crippen LogP contribution in [0.5, 0.6) is 5.75 Å². The highest BCUT2D eigenvalue weighted by Gasteiger charge is 2.15. The molecular formula is C20H16FIN2O4S. The van der Waals surface area contributed by atoms with Crippen LogP contribution in [0.4, 0.5) is 15.8 Å². The summed E-state index contributed by atoms with van der Waals surface area (Å²) in [5.74, 6) is -0.115. The quantitative estimate of drug-likeness (QED) is 0.464. The minimum Gasteiger partial charge on any atom is -0.496 e. The normalized spacial score (nSPS) is 11.0. The number of hydrogen-bond acceptors (Lipinski definition) is 4. The Kier molecular flexibility index (Phi) is 6.38. The molecule has 0 aliphatic carbocycles. The maximum Gasteiger partial charge on any atom is 0.261 e. The van der Waals surface area contributed by atoms with Gasteiger partial charge in [0.25, 0.3) is 15.9 Å². The molecule has 0 heterocycles. The Morgan fingerprint density at radius 2 is 1.59 bits per heavy atom. The summed E-state index contributed by atoms with van der Waals surface area (Å²) >= 11 is 2.07. The molecule has 0 fully saturated rings. The van der Waals surface area contributed by atoms with E-state index in [1.807, 2.05) is 0 Å². The Morgan fingerprint density at radius 3 is 2.17 bits per heavy atom. The van der Waals surface area contributed by atoms with Gasteiger partial charge in [-0.2, -0.15) is 0 Å². The number of hydrogen-bond donors (Lipinski definition) is 2. The average molecular weight is 526 g/mol. The molecule has 0 aromatic heterocycles. The average Bonchev–Trinajstić information content (AvgIpc) is 2.70. The van der Waals surface area contributed by atoms with Gasteiger partial charge in [0, 0.05) is 16.9 Å². The van der Waals surface area contributed by atoms with E-state index in [-0.39, 0.29) is 16.5 Å². The fourth-order valence-electron chi connectivity index (χ4n) is 2.46. The van der Waals surface area contributed by atoms with Crippen LogP contribution in [0.3, 0.4) is 0 Å². The van der Waals surface area contributed by atoms with E-state index in [0.717, 1.165) is 15.7 Å². The van der Waals surface area contributed by atoms with Crippen molar-refractivity contribution in [3.8, 4) is 5.75 Å². The monoisotopic (exact) mass is 526 g/mol. The van der Waals surface area contributed by atoms with Crippen molar-refractivity contribution in [2.45, 2.75) is 4.90 Å². The molecule has 0 radical (unpaired) electrons. The molecule has 0 unspecified atom stereocenters. The molecule has 6 nitrogen and oxygen atoms in total. The Balaban J connectivity index is 1.71. The van der Waals surface area contributed by atoms with Crippen LogP contribution in [0, 0.1) is 9.39 Å². The summed E-state index contributed by atoms with van der Waals surface area (Å²) in [4.78, 5) is 12.4. The molecule has 0 bridgehead atoms. The van der Waals surface area contributed by atoms with Crippen LogP contribution in [0.1, 0.15) is 10.4 Å². The van der Waals surface area contributed by atoms with E-state index in [4.69, 9.17) is 4.74 Å². The number of anilines is 2. The van der Waals surface area contributed by atoms with Crippen molar-refractivity contribution >= 4 is 49.9 Å². The van der Waals surface area contributed by atoms with Gasteiger partial charge in [0.15, 0.2) is 0 Å². The smallest absolute Gasteiger partial charge is 0.261 e. The topological polar surface area (TPSA) is 84.5 Å². The zero-order chi connectivity index (χ0) is 21.0. The number of nitrogens with one attached hydrogen (secondary N) is 2. The van der Waals surface area contributed by atoms with Crippen LogP contribution in [-0.2, 0) is 10.0 Å². The molecule has 150 valence electrons. The summed E-state index contributed by atoms with van der Waals surface area (Å²) in [5.41, 5.74) is 1.14. The predicted octanol–water partition coefficient (Wildman–Crippen LogP) is 4.49. The first kappa shape index (κ1) is 21.1. The fourth-order valence-corrected chi connectivity index (χ4v) is 4.25. The van der Waals surface area contributed by atoms with E-state index in [2.05, 4.69) is 32.6 Å². The number of sulfonamides is 1. The predicted molar refractivity (Wildman–Crippen MR) is 117 cm³/mol. The van der Waals surface area contributed by atoms with E-state index in [0.29, 0.717) is 17.0 Å². The van der Waals surface area contributed by atoms with Crippen LogP contribution in [0.2, 0.25) is 0 Å². The second-order valence-electron chi connectivity index (χ2n) is 5.94. The zero-order valence-corrected chi connectivity index (χ0v) is 18.1. The summed E-state index contributed by atoms with van der Waals surface area (Å²) in [5, 5.41) is 2.72. The molecule has 0 aliphatic rings. The Hall–Kier alpha value is -2.66. The van der Waals surface area contributed by atoms with Gasteiger partial charge in [-0.1, -0.05) is 0 Å². The van der Waals surface area contributed by atoms with Crippen molar-refractivity contribution in [1.29, 1.82) is 0 Å². The highest BCUT2D eigenvalue weighted by Crippen LogP contribution is 2.23. The third-order valence-corrected chi connectivity index (χ3v) is 6.17. The van der Waals surface area contributed by atoms with Crippen LogP contribution < -0.4 is 14.8 Å². The minimum atomic E-state index is -3.84. The van der Waals surface area contributed by atoms with Crippen molar-refractivity contribution in [3.05, 3.63) is 81.7 Å². The Labute approximate surface area is 181 Å². The Morgan fingerprint density at radius 1 is 0.966 bits per heavy atom. The number of carbonyl (C=O) groups excluding carboxylic acids is 1. The van der Waals surface area contributed by atoms with Crippen molar-refractivity contribution in [2.24, 2.45) is 0 Å². The molecule has 29 heavy (non-hydrogen) atoms. The molecule has 3 rings (SSSR count). The number of rotatable bonds is 6. The van der Waals surface area contributed by atoms with Crippen molar-refractivity contribution in [3.63, 3.8) is 0 Å². The van der Waals surface area contributed by atoms with E-state index in [9.17, 15) is 17.6 Å². The van der Waals surface area contributed by atoms with E-state index in [1.165, 1.54) is 36.4 Å². The summed E-state index contributed by atoms with van der Waals surface area (Å²) < 4.78 is 46.2. The molecule has 3 aromatic rings. The highest BCUT2D eigenvalue weighted by molar-refractivity contribution is 14.1. The van der Waals surface area contributed by atoms with Gasteiger partial charge in [-0.3, -0.25) is 9.52 Å². The maximum atomic E-state index is 13.0. The summed E-state index contributed by atoms with van der Waals surface area (Å²) in [6.07, 6.45) is 0. The van der Waals surface area contributed by atoms with Crippen molar-refractivity contribution in [2.75, 3.05) is 17.1 Å². The fraction of sp³-hybridized carbons (Fsp3) is 0.0500. The molecule has 3 aromatic carbocycles. The molecule has 9 heteroatoms. The third-order valence-electron chi connectivity index (χ3n) is 3.93. The summed E-state index contributed by atoms with van der Waals surface area (Å²) in [7, 11) is -2.28. The molecule has 0 aliphatic heterocycles. The lowest BCUT2D eigenvalue weighted by atomic mass is 10.2. The maximum absolute atomic E-state index is 13.0. The molecule has 0 saturated heterocycles. The molecule has 0 spiro atoms. The number of halogens is 2. The van der Waals surface area contributed by atoms with Gasteiger partial charge >= 0.3 is 0 Å². The van der Waals surface area contributed by atoms with Crippen LogP contribution >= 0.6 is 22.6 Å². The molecule has 1 amide bonds. The summed E-state index contributed by atoms with van der Waals surface area (Å²) in [6.45, 7) is 0. The summed E-state index contributed by atoms with van der Waals surface area (Å²) in [6, 6.07) is 15.8. The molecular weight excluding hydrogens is 510 g/mol. The second kappa shape index (κ2) is 8.78. The van der Waals surface area contributed by atoms with Gasteiger partial charge in [-0.15, -0.1) is 0 Å². The largest absolute Gasteiger partial charge is 0.496 e. The zero-order valence-electron chi connectivity index (χ0n) is 15.1. The lowest BCUT2D eigenvalue weighted by molar-refractivity contribution is 0.102. The van der Waals surface area contributed by atoms with Crippen LogP contribution in [-0.4, -0.2) is 21.4 Å². The van der Waals surface area contributed by atoms with Crippen molar-refractivity contribution < 1.29 is 22.3 Å². The lowest BCUT2D eigenvalue weighted by Gasteiger charge is -2.10. The van der Waals surface area contributed by atoms with E-state index < -0.39 is 15.8 Å². The first-order valence-electron chi connectivity index (χ1n) is 8.32. The number of amides is 1. The van der Waals surface area contributed by atoms with Gasteiger partial charge in [0.1, 0.15) is 11.6 Å². The van der Waals surface area contributed by atoms with Gasteiger partial charge in [-0.05, 0) is 89.3 Å². The minimum absolute atomic E-state index is 0.0128. The second-order valence-corrected chi connectivity index (χ2v) is 8.78. The number of ether oxygens (including phenoxy) is 1. The molecule has 2 N–H and O–H groups in total. The van der Waals surface area contributed by atoms with Gasteiger partial charge in [0.2, 0.25) is 0 Å².